The van der Waals surface area contributed by atoms with Gasteiger partial charge >= 0.3 is 0 Å². The van der Waals surface area contributed by atoms with Crippen molar-refractivity contribution >= 4 is 29.5 Å². The second kappa shape index (κ2) is 5.66. The van der Waals surface area contributed by atoms with Crippen molar-refractivity contribution in [3.8, 4) is 0 Å². The van der Waals surface area contributed by atoms with E-state index in [1.165, 1.54) is 11.0 Å². The van der Waals surface area contributed by atoms with Crippen LogP contribution in [-0.2, 0) is 9.59 Å². The first kappa shape index (κ1) is 14.6. The van der Waals surface area contributed by atoms with Gasteiger partial charge in [-0.25, -0.2) is 0 Å². The summed E-state index contributed by atoms with van der Waals surface area (Å²) in [4.78, 5) is 36.7. The minimum Gasteiger partial charge on any atom is -0.545 e. The number of carbonyl (C=O) groups excluding carboxylic acids is 3. The van der Waals surface area contributed by atoms with E-state index in [0.29, 0.717) is 4.90 Å². The molecule has 1 unspecified atom stereocenters. The summed E-state index contributed by atoms with van der Waals surface area (Å²) in [6.45, 7) is 3.55. The Balaban J connectivity index is 2.22. The number of amides is 2. The number of likely N-dealkylation sites (tertiary alicyclic amines) is 1. The van der Waals surface area contributed by atoms with E-state index in [-0.39, 0.29) is 29.8 Å². The van der Waals surface area contributed by atoms with Gasteiger partial charge in [-0.3, -0.25) is 14.5 Å². The van der Waals surface area contributed by atoms with Crippen LogP contribution in [-0.4, -0.2) is 34.0 Å². The minimum absolute atomic E-state index is 0.0424. The lowest BCUT2D eigenvalue weighted by Crippen LogP contribution is -2.37. The monoisotopic (exact) mass is 292 g/mol. The van der Waals surface area contributed by atoms with E-state index in [4.69, 9.17) is 0 Å². The number of aromatic carboxylic acids is 1. The largest absolute Gasteiger partial charge is 0.545 e. The summed E-state index contributed by atoms with van der Waals surface area (Å²) in [6.07, 6.45) is 0.100. The molecule has 106 valence electrons. The molecule has 0 N–H and O–H groups in total. The SMILES string of the molecule is CC(C)N1C(=O)CC(Sc2ccccc2C(=O)[O-])C1=O. The van der Waals surface area contributed by atoms with Gasteiger partial charge in [0.1, 0.15) is 0 Å². The summed E-state index contributed by atoms with van der Waals surface area (Å²) in [5.74, 6) is -1.76. The molecule has 0 saturated carbocycles. The van der Waals surface area contributed by atoms with Gasteiger partial charge in [-0.05, 0) is 19.9 Å². The number of carboxylic acid groups (broad SMARTS) is 1. The number of hydrogen-bond donors (Lipinski definition) is 0. The first-order chi connectivity index (χ1) is 9.41. The Bertz CT molecular complexity index is 570. The molecule has 2 rings (SSSR count). The van der Waals surface area contributed by atoms with Crippen LogP contribution in [0.3, 0.4) is 0 Å². The summed E-state index contributed by atoms with van der Waals surface area (Å²) < 4.78 is 0. The Labute approximate surface area is 121 Å². The van der Waals surface area contributed by atoms with Crippen molar-refractivity contribution in [3.63, 3.8) is 0 Å². The summed E-state index contributed by atoms with van der Waals surface area (Å²) >= 11 is 1.11. The van der Waals surface area contributed by atoms with Gasteiger partial charge in [-0.15, -0.1) is 11.8 Å². The number of hydrogen-bond acceptors (Lipinski definition) is 5. The van der Waals surface area contributed by atoms with E-state index < -0.39 is 11.2 Å². The van der Waals surface area contributed by atoms with Crippen molar-refractivity contribution in [2.45, 2.75) is 36.5 Å². The Morgan fingerprint density at radius 2 is 2.00 bits per heavy atom. The fraction of sp³-hybridized carbons (Fsp3) is 0.357. The van der Waals surface area contributed by atoms with Crippen LogP contribution >= 0.6 is 11.8 Å². The molecule has 1 aromatic rings. The van der Waals surface area contributed by atoms with Crippen molar-refractivity contribution in [3.05, 3.63) is 29.8 Å². The number of thioether (sulfide) groups is 1. The van der Waals surface area contributed by atoms with Gasteiger partial charge in [0.2, 0.25) is 11.8 Å². The van der Waals surface area contributed by atoms with E-state index >= 15 is 0 Å². The molecule has 5 nitrogen and oxygen atoms in total. The lowest BCUT2D eigenvalue weighted by molar-refractivity contribution is -0.255. The summed E-state index contributed by atoms with van der Waals surface area (Å²) in [7, 11) is 0. The molecule has 1 saturated heterocycles. The molecular formula is C14H14NO4S-. The van der Waals surface area contributed by atoms with Crippen LogP contribution in [0.5, 0.6) is 0 Å². The topological polar surface area (TPSA) is 77.5 Å². The van der Waals surface area contributed by atoms with Crippen LogP contribution in [0, 0.1) is 0 Å². The number of carbonyl (C=O) groups is 3. The van der Waals surface area contributed by atoms with Crippen molar-refractivity contribution < 1.29 is 19.5 Å². The molecule has 1 heterocycles. The van der Waals surface area contributed by atoms with E-state index in [2.05, 4.69) is 0 Å². The molecule has 1 aromatic carbocycles. The molecule has 0 aliphatic carbocycles. The van der Waals surface area contributed by atoms with Crippen LogP contribution in [0.25, 0.3) is 0 Å². The zero-order chi connectivity index (χ0) is 14.9. The van der Waals surface area contributed by atoms with E-state index in [1.807, 2.05) is 0 Å². The second-order valence-corrected chi connectivity index (χ2v) is 6.03. The van der Waals surface area contributed by atoms with E-state index in [9.17, 15) is 19.5 Å². The Morgan fingerprint density at radius 3 is 2.55 bits per heavy atom. The molecule has 2 amide bonds. The molecule has 1 aliphatic rings. The number of carboxylic acids is 1. The maximum absolute atomic E-state index is 12.2. The van der Waals surface area contributed by atoms with Gasteiger partial charge in [0.15, 0.2) is 0 Å². The van der Waals surface area contributed by atoms with Crippen LogP contribution in [0.4, 0.5) is 0 Å². The quantitative estimate of drug-likeness (QED) is 0.763. The number of imide groups is 1. The normalized spacial score (nSPS) is 18.9. The van der Waals surface area contributed by atoms with Crippen molar-refractivity contribution in [2.75, 3.05) is 0 Å². The Morgan fingerprint density at radius 1 is 1.35 bits per heavy atom. The second-order valence-electron chi connectivity index (χ2n) is 4.79. The van der Waals surface area contributed by atoms with E-state index in [0.717, 1.165) is 11.8 Å². The zero-order valence-electron chi connectivity index (χ0n) is 11.2. The standard InChI is InChI=1S/C14H15NO4S/c1-8(2)15-12(16)7-11(13(15)17)20-10-6-4-3-5-9(10)14(18)19/h3-6,8,11H,7H2,1-2H3,(H,18,19)/p-1. The van der Waals surface area contributed by atoms with Gasteiger partial charge in [0, 0.05) is 22.9 Å². The van der Waals surface area contributed by atoms with Gasteiger partial charge in [0.25, 0.3) is 0 Å². The molecule has 1 atom stereocenters. The van der Waals surface area contributed by atoms with Crippen molar-refractivity contribution in [1.29, 1.82) is 0 Å². The van der Waals surface area contributed by atoms with Crippen LogP contribution in [0.1, 0.15) is 30.6 Å². The van der Waals surface area contributed by atoms with Crippen LogP contribution in [0.2, 0.25) is 0 Å². The maximum atomic E-state index is 12.2. The average molecular weight is 292 g/mol. The summed E-state index contributed by atoms with van der Waals surface area (Å²) in [6, 6.07) is 6.15. The highest BCUT2D eigenvalue weighted by Gasteiger charge is 2.40. The van der Waals surface area contributed by atoms with Crippen molar-refractivity contribution in [2.24, 2.45) is 0 Å². The third-order valence-electron chi connectivity index (χ3n) is 3.03. The fourth-order valence-corrected chi connectivity index (χ4v) is 3.33. The Hall–Kier alpha value is -1.82. The average Bonchev–Trinajstić information content (AvgIpc) is 2.64. The van der Waals surface area contributed by atoms with Crippen LogP contribution < -0.4 is 5.11 Å². The molecule has 0 bridgehead atoms. The number of rotatable bonds is 4. The summed E-state index contributed by atoms with van der Waals surface area (Å²) in [5, 5.41) is 10.5. The predicted octanol–water partition coefficient (Wildman–Crippen LogP) is 0.678. The molecule has 1 aliphatic heterocycles. The lowest BCUT2D eigenvalue weighted by atomic mass is 10.2. The molecule has 6 heteroatoms. The molecular weight excluding hydrogens is 278 g/mol. The van der Waals surface area contributed by atoms with E-state index in [1.54, 1.807) is 32.0 Å². The first-order valence-corrected chi connectivity index (χ1v) is 7.12. The molecule has 0 aromatic heterocycles. The maximum Gasteiger partial charge on any atom is 0.243 e. The minimum atomic E-state index is -1.29. The van der Waals surface area contributed by atoms with Gasteiger partial charge < -0.3 is 9.90 Å². The zero-order valence-corrected chi connectivity index (χ0v) is 12.0. The first-order valence-electron chi connectivity index (χ1n) is 6.24. The predicted molar refractivity (Wildman–Crippen MR) is 72.0 cm³/mol. The molecule has 0 spiro atoms. The van der Waals surface area contributed by atoms with Gasteiger partial charge in [-0.1, -0.05) is 18.2 Å². The molecule has 1 fully saturated rings. The summed E-state index contributed by atoms with van der Waals surface area (Å²) in [5.41, 5.74) is 0.0424. The highest BCUT2D eigenvalue weighted by Crippen LogP contribution is 2.33. The molecule has 0 radical (unpaired) electrons. The van der Waals surface area contributed by atoms with Gasteiger partial charge in [0.05, 0.1) is 11.2 Å². The number of nitrogens with zero attached hydrogens (tertiary/aromatic N) is 1. The highest BCUT2D eigenvalue weighted by molar-refractivity contribution is 8.00. The Kier molecular flexibility index (Phi) is 4.13. The third kappa shape index (κ3) is 2.70. The lowest BCUT2D eigenvalue weighted by Gasteiger charge is -2.19. The smallest absolute Gasteiger partial charge is 0.243 e. The fourth-order valence-electron chi connectivity index (χ4n) is 2.15. The van der Waals surface area contributed by atoms with Gasteiger partial charge in [-0.2, -0.15) is 0 Å². The van der Waals surface area contributed by atoms with Crippen LogP contribution in [0.15, 0.2) is 29.2 Å². The third-order valence-corrected chi connectivity index (χ3v) is 4.30. The molecule has 20 heavy (non-hydrogen) atoms. The number of benzene rings is 1. The van der Waals surface area contributed by atoms with Crippen molar-refractivity contribution in [1.82, 2.24) is 4.90 Å². The highest BCUT2D eigenvalue weighted by atomic mass is 32.2.